The molecule has 0 saturated carbocycles. The van der Waals surface area contributed by atoms with Crippen LogP contribution < -0.4 is 16.0 Å². The van der Waals surface area contributed by atoms with Crippen molar-refractivity contribution in [2.24, 2.45) is 5.73 Å². The topological polar surface area (TPSA) is 41.3 Å². The Morgan fingerprint density at radius 2 is 2.29 bits per heavy atom. The zero-order valence-corrected chi connectivity index (χ0v) is 7.96. The van der Waals surface area contributed by atoms with Gasteiger partial charge in [0.25, 0.3) is 0 Å². The van der Waals surface area contributed by atoms with Crippen LogP contribution in [0, 0.1) is 0 Å². The molecule has 0 unspecified atom stereocenters. The van der Waals surface area contributed by atoms with Gasteiger partial charge in [-0.15, -0.1) is 0 Å². The number of para-hydroxylation sites is 1. The van der Waals surface area contributed by atoms with Crippen molar-refractivity contribution in [3.05, 3.63) is 35.8 Å². The van der Waals surface area contributed by atoms with E-state index in [4.69, 9.17) is 5.73 Å². The van der Waals surface area contributed by atoms with E-state index in [2.05, 4.69) is 28.4 Å². The largest absolute Gasteiger partial charge is 0.384 e. The molecule has 0 amide bonds. The Morgan fingerprint density at radius 3 is 3.21 bits per heavy atom. The number of benzene rings is 1. The van der Waals surface area contributed by atoms with E-state index in [9.17, 15) is 0 Å². The summed E-state index contributed by atoms with van der Waals surface area (Å²) >= 11 is 0. The Balaban J connectivity index is 2.21. The second-order valence-electron chi connectivity index (χ2n) is 3.78. The van der Waals surface area contributed by atoms with E-state index in [1.807, 2.05) is 6.20 Å². The molecule has 3 N–H and O–H groups in total. The zero-order chi connectivity index (χ0) is 9.54. The molecule has 0 bridgehead atoms. The predicted octanol–water partition coefficient (Wildman–Crippen LogP) is 1.62. The van der Waals surface area contributed by atoms with Crippen molar-refractivity contribution in [1.82, 2.24) is 0 Å². The van der Waals surface area contributed by atoms with E-state index >= 15 is 0 Å². The number of nitrogens with one attached hydrogen (secondary N) is 1. The van der Waals surface area contributed by atoms with Crippen LogP contribution in [-0.4, -0.2) is 6.54 Å². The molecule has 0 aliphatic carbocycles. The van der Waals surface area contributed by atoms with Gasteiger partial charge in [0.05, 0.1) is 11.4 Å². The normalized spacial score (nSPS) is 18.3. The van der Waals surface area contributed by atoms with Crippen molar-refractivity contribution >= 4 is 11.4 Å². The summed E-state index contributed by atoms with van der Waals surface area (Å²) in [4.78, 5) is 2.20. The highest BCUT2D eigenvalue weighted by Crippen LogP contribution is 2.37. The highest BCUT2D eigenvalue weighted by atomic mass is 15.2. The van der Waals surface area contributed by atoms with Gasteiger partial charge >= 0.3 is 0 Å². The van der Waals surface area contributed by atoms with E-state index in [0.717, 1.165) is 18.8 Å². The molecule has 0 atom stereocenters. The molecule has 3 nitrogen and oxygen atoms in total. The second kappa shape index (κ2) is 2.67. The molecule has 0 aromatic heterocycles. The van der Waals surface area contributed by atoms with Crippen LogP contribution in [0.2, 0.25) is 0 Å². The standard InChI is InChI=1S/C11H13N3/c12-10-7-13-9-5-1-3-8-4-2-6-14(10)11(8)9/h1,3,5,7,13H,2,4,6,12H2. The van der Waals surface area contributed by atoms with E-state index in [-0.39, 0.29) is 0 Å². The third-order valence-corrected chi connectivity index (χ3v) is 2.90. The first-order valence-corrected chi connectivity index (χ1v) is 4.98. The fourth-order valence-electron chi connectivity index (χ4n) is 2.26. The van der Waals surface area contributed by atoms with Crippen LogP contribution in [0.15, 0.2) is 30.2 Å². The Kier molecular flexibility index (Phi) is 1.48. The van der Waals surface area contributed by atoms with Crippen molar-refractivity contribution < 1.29 is 0 Å². The minimum Gasteiger partial charge on any atom is -0.384 e. The van der Waals surface area contributed by atoms with E-state index in [1.54, 1.807) is 0 Å². The van der Waals surface area contributed by atoms with E-state index in [0.29, 0.717) is 0 Å². The quantitative estimate of drug-likeness (QED) is 0.648. The maximum atomic E-state index is 5.93. The molecule has 2 heterocycles. The molecule has 3 rings (SSSR count). The van der Waals surface area contributed by atoms with Crippen molar-refractivity contribution in [3.63, 3.8) is 0 Å². The molecule has 72 valence electrons. The van der Waals surface area contributed by atoms with Gasteiger partial charge in [-0.1, -0.05) is 12.1 Å². The third kappa shape index (κ3) is 0.923. The molecule has 0 spiro atoms. The Bertz CT molecular complexity index is 409. The van der Waals surface area contributed by atoms with Crippen LogP contribution in [0.1, 0.15) is 12.0 Å². The summed E-state index contributed by atoms with van der Waals surface area (Å²) < 4.78 is 0. The molecular formula is C11H13N3. The van der Waals surface area contributed by atoms with Crippen LogP contribution in [0.4, 0.5) is 11.4 Å². The number of rotatable bonds is 0. The predicted molar refractivity (Wildman–Crippen MR) is 58.0 cm³/mol. The summed E-state index contributed by atoms with van der Waals surface area (Å²) in [5.41, 5.74) is 9.79. The van der Waals surface area contributed by atoms with Crippen molar-refractivity contribution in [2.75, 3.05) is 16.8 Å². The SMILES string of the molecule is NC1=CNc2cccc3c2N1CCC3. The molecule has 14 heavy (non-hydrogen) atoms. The fourth-order valence-corrected chi connectivity index (χ4v) is 2.26. The summed E-state index contributed by atoms with van der Waals surface area (Å²) in [6.07, 6.45) is 4.22. The third-order valence-electron chi connectivity index (χ3n) is 2.90. The van der Waals surface area contributed by atoms with Crippen LogP contribution >= 0.6 is 0 Å². The number of hydrogen-bond acceptors (Lipinski definition) is 3. The smallest absolute Gasteiger partial charge is 0.120 e. The van der Waals surface area contributed by atoms with Gasteiger partial charge < -0.3 is 16.0 Å². The Labute approximate surface area is 83.2 Å². The van der Waals surface area contributed by atoms with Crippen LogP contribution in [0.3, 0.4) is 0 Å². The minimum absolute atomic E-state index is 0.824. The summed E-state index contributed by atoms with van der Waals surface area (Å²) in [7, 11) is 0. The first kappa shape index (κ1) is 7.74. The molecule has 0 radical (unpaired) electrons. The van der Waals surface area contributed by atoms with Gasteiger partial charge in [0, 0.05) is 12.7 Å². The highest BCUT2D eigenvalue weighted by molar-refractivity contribution is 5.79. The highest BCUT2D eigenvalue weighted by Gasteiger charge is 2.23. The summed E-state index contributed by atoms with van der Waals surface area (Å²) in [6, 6.07) is 6.38. The van der Waals surface area contributed by atoms with E-state index in [1.165, 1.54) is 23.4 Å². The number of nitrogens with zero attached hydrogens (tertiary/aromatic N) is 1. The van der Waals surface area contributed by atoms with Gasteiger partial charge in [-0.25, -0.2) is 0 Å². The van der Waals surface area contributed by atoms with Crippen LogP contribution in [0.25, 0.3) is 0 Å². The van der Waals surface area contributed by atoms with Gasteiger partial charge in [-0.05, 0) is 24.5 Å². The van der Waals surface area contributed by atoms with Crippen molar-refractivity contribution in [1.29, 1.82) is 0 Å². The van der Waals surface area contributed by atoms with Crippen molar-refractivity contribution in [3.8, 4) is 0 Å². The summed E-state index contributed by atoms with van der Waals surface area (Å²) in [6.45, 7) is 1.04. The number of anilines is 2. The monoisotopic (exact) mass is 187 g/mol. The van der Waals surface area contributed by atoms with Crippen molar-refractivity contribution in [2.45, 2.75) is 12.8 Å². The Morgan fingerprint density at radius 1 is 1.36 bits per heavy atom. The lowest BCUT2D eigenvalue weighted by Crippen LogP contribution is -2.35. The molecule has 1 aromatic rings. The molecule has 2 aliphatic rings. The molecule has 0 saturated heterocycles. The molecule has 1 aromatic carbocycles. The van der Waals surface area contributed by atoms with E-state index < -0.39 is 0 Å². The zero-order valence-electron chi connectivity index (χ0n) is 7.96. The maximum absolute atomic E-state index is 5.93. The van der Waals surface area contributed by atoms with Gasteiger partial charge in [0.15, 0.2) is 0 Å². The van der Waals surface area contributed by atoms with Crippen LogP contribution in [0.5, 0.6) is 0 Å². The molecule has 2 aliphatic heterocycles. The minimum atomic E-state index is 0.824. The van der Waals surface area contributed by atoms with Gasteiger partial charge in [0.2, 0.25) is 0 Å². The lowest BCUT2D eigenvalue weighted by Gasteiger charge is -2.35. The number of hydrogen-bond donors (Lipinski definition) is 2. The first-order valence-electron chi connectivity index (χ1n) is 4.98. The van der Waals surface area contributed by atoms with Gasteiger partial charge in [-0.3, -0.25) is 0 Å². The first-order chi connectivity index (χ1) is 6.86. The average Bonchev–Trinajstić information content (AvgIpc) is 2.24. The number of nitrogens with two attached hydrogens (primary N) is 1. The average molecular weight is 187 g/mol. The lowest BCUT2D eigenvalue weighted by atomic mass is 9.99. The maximum Gasteiger partial charge on any atom is 0.120 e. The fraction of sp³-hybridized carbons (Fsp3) is 0.273. The second-order valence-corrected chi connectivity index (χ2v) is 3.78. The summed E-state index contributed by atoms with van der Waals surface area (Å²) in [5, 5.41) is 3.22. The van der Waals surface area contributed by atoms with Gasteiger partial charge in [-0.2, -0.15) is 0 Å². The molecular weight excluding hydrogens is 174 g/mol. The lowest BCUT2D eigenvalue weighted by molar-refractivity contribution is 0.736. The van der Waals surface area contributed by atoms with Crippen LogP contribution in [-0.2, 0) is 6.42 Å². The molecule has 0 fully saturated rings. The number of aryl methyl sites for hydroxylation is 1. The summed E-state index contributed by atoms with van der Waals surface area (Å²) in [5.74, 6) is 0.824. The molecule has 3 heteroatoms. The Hall–Kier alpha value is -1.64. The van der Waals surface area contributed by atoms with Gasteiger partial charge in [0.1, 0.15) is 5.82 Å².